The average molecular weight is 291 g/mol. The van der Waals surface area contributed by atoms with Crippen molar-refractivity contribution in [2.75, 3.05) is 26.7 Å². The maximum atomic E-state index is 13.2. The first kappa shape index (κ1) is 17.7. The molecule has 0 saturated heterocycles. The third kappa shape index (κ3) is 5.44. The van der Waals surface area contributed by atoms with Crippen molar-refractivity contribution in [3.05, 3.63) is 30.1 Å². The number of likely N-dealkylation sites (N-methyl/N-ethyl adjacent to an activating group) is 1. The summed E-state index contributed by atoms with van der Waals surface area (Å²) in [6.07, 6.45) is 0. The number of rotatable bonds is 6. The molecule has 0 aliphatic heterocycles. The Kier molecular flexibility index (Phi) is 8.11. The molecule has 108 valence electrons. The second kappa shape index (κ2) is 8.72. The zero-order chi connectivity index (χ0) is 13.5. The number of nitrogens with two attached hydrogens (primary N) is 1. The predicted molar refractivity (Wildman–Crippen MR) is 75.0 cm³/mol. The van der Waals surface area contributed by atoms with E-state index < -0.39 is 5.82 Å². The third-order valence-electron chi connectivity index (χ3n) is 2.67. The van der Waals surface area contributed by atoms with Crippen LogP contribution in [0.25, 0.3) is 0 Å². The normalized spacial score (nSPS) is 11.4. The summed E-state index contributed by atoms with van der Waals surface area (Å²) in [5.74, 6) is -0.440. The van der Waals surface area contributed by atoms with Crippen LogP contribution in [0.2, 0.25) is 0 Å². The molecule has 0 fully saturated rings. The number of benzene rings is 1. The van der Waals surface area contributed by atoms with Crippen molar-refractivity contribution in [3.63, 3.8) is 0 Å². The van der Waals surface area contributed by atoms with Crippen molar-refractivity contribution in [1.82, 2.24) is 4.90 Å². The van der Waals surface area contributed by atoms with Gasteiger partial charge in [0.25, 0.3) is 0 Å². The molecule has 0 radical (unpaired) electrons. The zero-order valence-electron chi connectivity index (χ0n) is 11.1. The van der Waals surface area contributed by atoms with Gasteiger partial charge in [-0.15, -0.1) is 12.4 Å². The van der Waals surface area contributed by atoms with Gasteiger partial charge in [0.1, 0.15) is 6.61 Å². The molecule has 0 aliphatic carbocycles. The highest BCUT2D eigenvalue weighted by Gasteiger charge is 2.15. The zero-order valence-corrected chi connectivity index (χ0v) is 12.0. The van der Waals surface area contributed by atoms with E-state index in [0.29, 0.717) is 13.1 Å². The molecule has 1 unspecified atom stereocenters. The molecule has 2 N–H and O–H groups in total. The van der Waals surface area contributed by atoms with Gasteiger partial charge in [-0.1, -0.05) is 19.1 Å². The molecule has 0 bridgehead atoms. The highest BCUT2D eigenvalue weighted by Crippen LogP contribution is 2.15. The Morgan fingerprint density at radius 3 is 2.68 bits per heavy atom. The smallest absolute Gasteiger partial charge is 0.226 e. The lowest BCUT2D eigenvalue weighted by atomic mass is 10.1. The first-order valence-electron chi connectivity index (χ1n) is 5.88. The number of ether oxygens (including phenoxy) is 1. The van der Waals surface area contributed by atoms with Crippen LogP contribution in [-0.2, 0) is 4.79 Å². The number of para-hydroxylation sites is 1. The minimum atomic E-state index is -0.401. The van der Waals surface area contributed by atoms with E-state index in [4.69, 9.17) is 10.5 Å². The van der Waals surface area contributed by atoms with Crippen molar-refractivity contribution in [1.29, 1.82) is 0 Å². The van der Waals surface area contributed by atoms with Crippen LogP contribution in [0.1, 0.15) is 6.92 Å². The van der Waals surface area contributed by atoms with E-state index in [1.165, 1.54) is 6.07 Å². The van der Waals surface area contributed by atoms with E-state index in [1.54, 1.807) is 37.1 Å². The van der Waals surface area contributed by atoms with Gasteiger partial charge in [0.05, 0.1) is 6.54 Å². The summed E-state index contributed by atoms with van der Waals surface area (Å²) >= 11 is 0. The van der Waals surface area contributed by atoms with E-state index in [9.17, 15) is 9.18 Å². The molecular weight excluding hydrogens is 271 g/mol. The highest BCUT2D eigenvalue weighted by molar-refractivity contribution is 5.85. The first-order chi connectivity index (χ1) is 8.56. The number of amides is 1. The van der Waals surface area contributed by atoms with Gasteiger partial charge in [-0.3, -0.25) is 4.79 Å². The minimum Gasteiger partial charge on any atom is -0.489 e. The average Bonchev–Trinajstić information content (AvgIpc) is 2.39. The molecule has 1 rings (SSSR count). The maximum absolute atomic E-state index is 13.2. The van der Waals surface area contributed by atoms with Crippen molar-refractivity contribution >= 4 is 18.3 Å². The summed E-state index contributed by atoms with van der Waals surface area (Å²) in [7, 11) is 1.68. The fraction of sp³-hybridized carbons (Fsp3) is 0.462. The number of hydrogen-bond acceptors (Lipinski definition) is 3. The Labute approximate surface area is 119 Å². The van der Waals surface area contributed by atoms with Gasteiger partial charge < -0.3 is 15.4 Å². The molecule has 4 nitrogen and oxygen atoms in total. The topological polar surface area (TPSA) is 55.6 Å². The van der Waals surface area contributed by atoms with Crippen molar-refractivity contribution < 1.29 is 13.9 Å². The van der Waals surface area contributed by atoms with Crippen molar-refractivity contribution in [3.8, 4) is 5.75 Å². The number of carbonyl (C=O) groups excluding carboxylic acids is 1. The van der Waals surface area contributed by atoms with Gasteiger partial charge in [0, 0.05) is 19.5 Å². The molecule has 1 aromatic carbocycles. The fourth-order valence-corrected chi connectivity index (χ4v) is 1.44. The van der Waals surface area contributed by atoms with E-state index in [1.807, 2.05) is 0 Å². The fourth-order valence-electron chi connectivity index (χ4n) is 1.44. The lowest BCUT2D eigenvalue weighted by Crippen LogP contribution is -2.37. The predicted octanol–water partition coefficient (Wildman–Crippen LogP) is 1.68. The maximum Gasteiger partial charge on any atom is 0.226 e. The molecule has 0 heterocycles. The van der Waals surface area contributed by atoms with Crippen LogP contribution < -0.4 is 10.5 Å². The van der Waals surface area contributed by atoms with Gasteiger partial charge in [0.2, 0.25) is 5.91 Å². The van der Waals surface area contributed by atoms with Gasteiger partial charge in [0.15, 0.2) is 11.6 Å². The third-order valence-corrected chi connectivity index (χ3v) is 2.67. The Hall–Kier alpha value is -1.33. The van der Waals surface area contributed by atoms with E-state index >= 15 is 0 Å². The van der Waals surface area contributed by atoms with E-state index in [0.717, 1.165) is 0 Å². The summed E-state index contributed by atoms with van der Waals surface area (Å²) < 4.78 is 18.5. The lowest BCUT2D eigenvalue weighted by molar-refractivity contribution is -0.133. The van der Waals surface area contributed by atoms with Gasteiger partial charge in [-0.2, -0.15) is 0 Å². The molecule has 19 heavy (non-hydrogen) atoms. The number of carbonyl (C=O) groups is 1. The Balaban J connectivity index is 0.00000324. The van der Waals surface area contributed by atoms with Crippen LogP contribution in [0.15, 0.2) is 24.3 Å². The quantitative estimate of drug-likeness (QED) is 0.867. The van der Waals surface area contributed by atoms with Crippen LogP contribution in [0.3, 0.4) is 0 Å². The molecule has 0 saturated carbocycles. The summed E-state index contributed by atoms with van der Waals surface area (Å²) in [5.41, 5.74) is 5.42. The summed E-state index contributed by atoms with van der Waals surface area (Å²) in [4.78, 5) is 13.2. The summed E-state index contributed by atoms with van der Waals surface area (Å²) in [5, 5.41) is 0. The monoisotopic (exact) mass is 290 g/mol. The van der Waals surface area contributed by atoms with Gasteiger partial charge >= 0.3 is 0 Å². The molecule has 1 atom stereocenters. The Morgan fingerprint density at radius 1 is 1.47 bits per heavy atom. The molecule has 0 aliphatic rings. The van der Waals surface area contributed by atoms with Crippen LogP contribution in [0, 0.1) is 11.7 Å². The molecule has 1 aromatic rings. The van der Waals surface area contributed by atoms with E-state index in [-0.39, 0.29) is 36.6 Å². The van der Waals surface area contributed by atoms with Crippen LogP contribution in [0.5, 0.6) is 5.75 Å². The van der Waals surface area contributed by atoms with Gasteiger partial charge in [-0.05, 0) is 12.1 Å². The molecule has 1 amide bonds. The number of halogens is 2. The number of hydrogen-bond donors (Lipinski definition) is 1. The Bertz CT molecular complexity index is 404. The molecule has 6 heteroatoms. The SMILES string of the molecule is CC(CN)C(=O)N(C)CCOc1ccccc1F.Cl. The van der Waals surface area contributed by atoms with Crippen LogP contribution in [0.4, 0.5) is 4.39 Å². The standard InChI is InChI=1S/C13H19FN2O2.ClH/c1-10(9-15)13(17)16(2)7-8-18-12-6-4-3-5-11(12)14;/h3-6,10H,7-9,15H2,1-2H3;1H. The molecular formula is C13H20ClFN2O2. The summed E-state index contributed by atoms with van der Waals surface area (Å²) in [6.45, 7) is 2.74. The minimum absolute atomic E-state index is 0. The van der Waals surface area contributed by atoms with Crippen molar-refractivity contribution in [2.24, 2.45) is 11.7 Å². The first-order valence-corrected chi connectivity index (χ1v) is 5.88. The van der Waals surface area contributed by atoms with Crippen LogP contribution >= 0.6 is 12.4 Å². The number of nitrogens with zero attached hydrogens (tertiary/aromatic N) is 1. The second-order valence-electron chi connectivity index (χ2n) is 4.18. The Morgan fingerprint density at radius 2 is 2.11 bits per heavy atom. The second-order valence-corrected chi connectivity index (χ2v) is 4.18. The van der Waals surface area contributed by atoms with E-state index in [2.05, 4.69) is 0 Å². The highest BCUT2D eigenvalue weighted by atomic mass is 35.5. The molecule has 0 spiro atoms. The largest absolute Gasteiger partial charge is 0.489 e. The summed E-state index contributed by atoms with van der Waals surface area (Å²) in [6, 6.07) is 6.19. The van der Waals surface area contributed by atoms with Gasteiger partial charge in [-0.25, -0.2) is 4.39 Å². The molecule has 0 aromatic heterocycles. The lowest BCUT2D eigenvalue weighted by Gasteiger charge is -2.20. The van der Waals surface area contributed by atoms with Crippen molar-refractivity contribution in [2.45, 2.75) is 6.92 Å². The van der Waals surface area contributed by atoms with Crippen LogP contribution in [-0.4, -0.2) is 37.6 Å².